The highest BCUT2D eigenvalue weighted by Gasteiger charge is 2.11. The Bertz CT molecular complexity index is 924. The Kier molecular flexibility index (Phi) is 5.68. The number of nitrogens with zero attached hydrogens (tertiary/aromatic N) is 6. The number of carbonyl (C=O) groups excluding carboxylic acids is 1. The maximum absolute atomic E-state index is 12.2. The molecule has 0 saturated heterocycles. The van der Waals surface area contributed by atoms with Crippen LogP contribution in [0, 0.1) is 0 Å². The number of hydrazone groups is 1. The number of benzene rings is 1. The van der Waals surface area contributed by atoms with Crippen LogP contribution in [0.15, 0.2) is 59.0 Å². The fourth-order valence-corrected chi connectivity index (χ4v) is 2.69. The molecule has 130 valence electrons. The van der Waals surface area contributed by atoms with Gasteiger partial charge in [0.1, 0.15) is 10.0 Å². The minimum Gasteiger partial charge on any atom is -0.344 e. The summed E-state index contributed by atoms with van der Waals surface area (Å²) < 4.78 is 0. The van der Waals surface area contributed by atoms with Crippen LogP contribution >= 0.6 is 11.3 Å². The zero-order chi connectivity index (χ0) is 18.2. The van der Waals surface area contributed by atoms with Gasteiger partial charge in [0.05, 0.1) is 19.0 Å². The van der Waals surface area contributed by atoms with Crippen molar-refractivity contribution in [2.45, 2.75) is 6.54 Å². The number of rotatable bonds is 6. The second-order valence-electron chi connectivity index (χ2n) is 4.89. The van der Waals surface area contributed by atoms with Crippen molar-refractivity contribution in [3.8, 4) is 10.6 Å². The number of aliphatic imine (C=N–C) groups is 1. The molecule has 0 saturated carbocycles. The lowest BCUT2D eigenvalue weighted by atomic mass is 10.2. The third kappa shape index (κ3) is 4.51. The molecular formula is C16H14N8OS. The van der Waals surface area contributed by atoms with Crippen molar-refractivity contribution in [1.82, 2.24) is 25.5 Å². The Morgan fingerprint density at radius 2 is 2.08 bits per heavy atom. The molecule has 0 fully saturated rings. The third-order valence-corrected chi connectivity index (χ3v) is 4.10. The smallest absolute Gasteiger partial charge is 0.273 e. The molecule has 3 rings (SSSR count). The number of nitrogens with two attached hydrogens (primary N) is 1. The van der Waals surface area contributed by atoms with Crippen LogP contribution in [0.4, 0.5) is 5.82 Å². The summed E-state index contributed by atoms with van der Waals surface area (Å²) in [4.78, 5) is 24.0. The Balaban J connectivity index is 1.59. The summed E-state index contributed by atoms with van der Waals surface area (Å²) in [6, 6.07) is 9.69. The summed E-state index contributed by atoms with van der Waals surface area (Å²) in [6.45, 7) is 0.210. The molecular weight excluding hydrogens is 352 g/mol. The lowest BCUT2D eigenvalue weighted by Crippen LogP contribution is -2.32. The number of hydrogen-bond acceptors (Lipinski definition) is 9. The van der Waals surface area contributed by atoms with E-state index < -0.39 is 5.91 Å². The fourth-order valence-electron chi connectivity index (χ4n) is 1.90. The molecule has 0 aliphatic carbocycles. The van der Waals surface area contributed by atoms with E-state index in [0.29, 0.717) is 10.8 Å². The van der Waals surface area contributed by atoms with Crippen LogP contribution in [0.3, 0.4) is 0 Å². The van der Waals surface area contributed by atoms with Crippen LogP contribution in [0.2, 0.25) is 0 Å². The second-order valence-corrected chi connectivity index (χ2v) is 5.95. The highest BCUT2D eigenvalue weighted by atomic mass is 32.1. The summed E-state index contributed by atoms with van der Waals surface area (Å²) in [7, 11) is 0. The van der Waals surface area contributed by atoms with E-state index in [2.05, 4.69) is 35.6 Å². The molecule has 1 aromatic carbocycles. The van der Waals surface area contributed by atoms with E-state index in [4.69, 9.17) is 5.84 Å². The molecule has 3 aromatic rings. The number of carbonyl (C=O) groups is 1. The van der Waals surface area contributed by atoms with Crippen molar-refractivity contribution < 1.29 is 4.79 Å². The normalized spacial score (nSPS) is 11.6. The molecule has 0 bridgehead atoms. The van der Waals surface area contributed by atoms with Gasteiger partial charge in [0.25, 0.3) is 5.91 Å². The number of hydrogen-bond donors (Lipinski definition) is 2. The summed E-state index contributed by atoms with van der Waals surface area (Å²) in [5.41, 5.74) is 0.936. The molecule has 10 heteroatoms. The average Bonchev–Trinajstić information content (AvgIpc) is 3.17. The predicted molar refractivity (Wildman–Crippen MR) is 99.0 cm³/mol. The van der Waals surface area contributed by atoms with Crippen LogP contribution in [0.5, 0.6) is 0 Å². The molecule has 0 aliphatic heterocycles. The molecule has 26 heavy (non-hydrogen) atoms. The van der Waals surface area contributed by atoms with Gasteiger partial charge in [0.15, 0.2) is 11.5 Å². The van der Waals surface area contributed by atoms with E-state index in [1.165, 1.54) is 36.1 Å². The lowest BCUT2D eigenvalue weighted by molar-refractivity contribution is -0.114. The van der Waals surface area contributed by atoms with Crippen molar-refractivity contribution in [3.05, 3.63) is 53.9 Å². The second kappa shape index (κ2) is 8.53. The van der Waals surface area contributed by atoms with Crippen molar-refractivity contribution >= 4 is 35.0 Å². The zero-order valence-electron chi connectivity index (χ0n) is 13.5. The van der Waals surface area contributed by atoms with Gasteiger partial charge in [0.2, 0.25) is 0 Å². The van der Waals surface area contributed by atoms with Gasteiger partial charge in [-0.2, -0.15) is 5.10 Å². The quantitative estimate of drug-likeness (QED) is 0.384. The molecule has 0 unspecified atom stereocenters. The maximum atomic E-state index is 12.2. The Labute approximate surface area is 152 Å². The van der Waals surface area contributed by atoms with Gasteiger partial charge in [-0.15, -0.1) is 10.2 Å². The lowest BCUT2D eigenvalue weighted by Gasteiger charge is -2.01. The van der Waals surface area contributed by atoms with Gasteiger partial charge in [-0.05, 0) is 0 Å². The van der Waals surface area contributed by atoms with Crippen LogP contribution < -0.4 is 11.2 Å². The molecule has 3 N–H and O–H groups in total. The first-order chi connectivity index (χ1) is 12.8. The average molecular weight is 366 g/mol. The Morgan fingerprint density at radius 1 is 1.23 bits per heavy atom. The van der Waals surface area contributed by atoms with E-state index in [-0.39, 0.29) is 12.3 Å². The van der Waals surface area contributed by atoms with Gasteiger partial charge in [0, 0.05) is 18.0 Å². The predicted octanol–water partition coefficient (Wildman–Crippen LogP) is 1.33. The zero-order valence-corrected chi connectivity index (χ0v) is 14.3. The van der Waals surface area contributed by atoms with E-state index in [1.54, 1.807) is 0 Å². The minimum absolute atomic E-state index is 0.0385. The standard InChI is InChI=1S/C16H14N8OS/c17-22-12(8-20-13-9-18-6-7-19-13)15(25)21-10-14-23-24-16(26-14)11-4-2-1-3-5-11/h1-9H,10,17H2,(H,21,25)/b20-8?,22-12+. The van der Waals surface area contributed by atoms with Crippen LogP contribution in [-0.4, -0.2) is 38.0 Å². The van der Waals surface area contributed by atoms with Crippen LogP contribution in [0.1, 0.15) is 5.01 Å². The van der Waals surface area contributed by atoms with Crippen molar-refractivity contribution in [3.63, 3.8) is 0 Å². The Morgan fingerprint density at radius 3 is 2.81 bits per heavy atom. The monoisotopic (exact) mass is 366 g/mol. The summed E-state index contributed by atoms with van der Waals surface area (Å²) in [5, 5.41) is 15.8. The first kappa shape index (κ1) is 17.3. The molecule has 1 amide bonds. The Hall–Kier alpha value is -3.53. The molecule has 2 heterocycles. The van der Waals surface area contributed by atoms with E-state index in [1.807, 2.05) is 30.3 Å². The maximum Gasteiger partial charge on any atom is 0.273 e. The molecule has 0 radical (unpaired) electrons. The summed E-state index contributed by atoms with van der Waals surface area (Å²) >= 11 is 1.40. The number of aromatic nitrogens is 4. The van der Waals surface area contributed by atoms with Gasteiger partial charge >= 0.3 is 0 Å². The first-order valence-electron chi connectivity index (χ1n) is 7.50. The SMILES string of the molecule is N/N=C(\C=Nc1cnccn1)C(=O)NCc1nnc(-c2ccccc2)s1. The number of nitrogens with one attached hydrogen (secondary N) is 1. The van der Waals surface area contributed by atoms with E-state index >= 15 is 0 Å². The molecule has 2 aromatic heterocycles. The molecule has 0 atom stereocenters. The topological polar surface area (TPSA) is 131 Å². The number of amides is 1. The van der Waals surface area contributed by atoms with E-state index in [9.17, 15) is 4.79 Å². The highest BCUT2D eigenvalue weighted by molar-refractivity contribution is 7.14. The fraction of sp³-hybridized carbons (Fsp3) is 0.0625. The van der Waals surface area contributed by atoms with E-state index in [0.717, 1.165) is 10.6 Å². The van der Waals surface area contributed by atoms with Gasteiger partial charge < -0.3 is 11.2 Å². The largest absolute Gasteiger partial charge is 0.344 e. The summed E-state index contributed by atoms with van der Waals surface area (Å²) in [5.74, 6) is 5.13. The minimum atomic E-state index is -0.475. The van der Waals surface area contributed by atoms with Gasteiger partial charge in [-0.1, -0.05) is 41.7 Å². The van der Waals surface area contributed by atoms with Crippen LogP contribution in [-0.2, 0) is 11.3 Å². The van der Waals surface area contributed by atoms with Crippen LogP contribution in [0.25, 0.3) is 10.6 Å². The first-order valence-corrected chi connectivity index (χ1v) is 8.32. The highest BCUT2D eigenvalue weighted by Crippen LogP contribution is 2.22. The van der Waals surface area contributed by atoms with Crippen molar-refractivity contribution in [2.24, 2.45) is 15.9 Å². The van der Waals surface area contributed by atoms with Crippen molar-refractivity contribution in [2.75, 3.05) is 0 Å². The van der Waals surface area contributed by atoms with Gasteiger partial charge in [-0.25, -0.2) is 9.98 Å². The molecule has 0 spiro atoms. The summed E-state index contributed by atoms with van der Waals surface area (Å²) in [6.07, 6.45) is 5.70. The molecule has 0 aliphatic rings. The third-order valence-electron chi connectivity index (χ3n) is 3.13. The molecule has 9 nitrogen and oxygen atoms in total. The van der Waals surface area contributed by atoms with Gasteiger partial charge in [-0.3, -0.25) is 9.78 Å². The van der Waals surface area contributed by atoms with Crippen molar-refractivity contribution in [1.29, 1.82) is 0 Å².